The quantitative estimate of drug-likeness (QED) is 0.197. The molecule has 1 saturated heterocycles. The number of likely N-dealkylation sites (tertiary alicyclic amines) is 1. The minimum absolute atomic E-state index is 0.218. The van der Waals surface area contributed by atoms with Crippen LogP contribution in [0.4, 0.5) is 4.79 Å². The number of carboxylic acid groups (broad SMARTS) is 1. The zero-order valence-corrected chi connectivity index (χ0v) is 27.5. The average molecular weight is 658 g/mol. The molecule has 13 nitrogen and oxygen atoms in total. The SMILES string of the molecule is CCN(CC(=O)N[C@@H](CC(=O)O)C(=O)N[C@@H](CC1CCCCC1)C(N)=O)C(=O)CCCC1CCN(C(=O)OCc2ccccc2)CC1. The van der Waals surface area contributed by atoms with E-state index in [0.717, 1.165) is 56.9 Å². The Bertz CT molecular complexity index is 1200. The third-order valence-corrected chi connectivity index (χ3v) is 9.13. The fraction of sp³-hybridized carbons (Fsp3) is 0.647. The fourth-order valence-corrected chi connectivity index (χ4v) is 6.36. The lowest BCUT2D eigenvalue weighted by atomic mass is 9.84. The van der Waals surface area contributed by atoms with Crippen LogP contribution in [0, 0.1) is 11.8 Å². The number of primary amides is 1. The summed E-state index contributed by atoms with van der Waals surface area (Å²) in [6.45, 7) is 3.10. The van der Waals surface area contributed by atoms with Gasteiger partial charge in [0.1, 0.15) is 18.7 Å². The lowest BCUT2D eigenvalue weighted by molar-refractivity contribution is -0.142. The third kappa shape index (κ3) is 13.2. The predicted molar refractivity (Wildman–Crippen MR) is 174 cm³/mol. The molecular weight excluding hydrogens is 606 g/mol. The van der Waals surface area contributed by atoms with Gasteiger partial charge in [0.2, 0.25) is 23.6 Å². The van der Waals surface area contributed by atoms with Gasteiger partial charge in [-0.3, -0.25) is 24.0 Å². The first-order valence-corrected chi connectivity index (χ1v) is 16.9. The lowest BCUT2D eigenvalue weighted by Crippen LogP contribution is -2.55. The maximum atomic E-state index is 13.0. The van der Waals surface area contributed by atoms with Crippen LogP contribution in [0.1, 0.15) is 89.5 Å². The lowest BCUT2D eigenvalue weighted by Gasteiger charge is -2.31. The molecule has 0 aromatic heterocycles. The summed E-state index contributed by atoms with van der Waals surface area (Å²) in [6, 6.07) is 7.12. The molecule has 0 unspecified atom stereocenters. The van der Waals surface area contributed by atoms with E-state index in [9.17, 15) is 33.9 Å². The van der Waals surface area contributed by atoms with Crippen molar-refractivity contribution in [2.45, 2.75) is 103 Å². The summed E-state index contributed by atoms with van der Waals surface area (Å²) in [5, 5.41) is 14.3. The maximum absolute atomic E-state index is 13.0. The van der Waals surface area contributed by atoms with Gasteiger partial charge in [-0.1, -0.05) is 62.4 Å². The molecule has 1 aliphatic heterocycles. The summed E-state index contributed by atoms with van der Waals surface area (Å²) in [7, 11) is 0. The second-order valence-electron chi connectivity index (χ2n) is 12.7. The third-order valence-electron chi connectivity index (χ3n) is 9.13. The molecule has 2 fully saturated rings. The Hall–Kier alpha value is -4.16. The molecule has 260 valence electrons. The Morgan fingerprint density at radius 2 is 1.64 bits per heavy atom. The maximum Gasteiger partial charge on any atom is 0.410 e. The molecule has 0 radical (unpaired) electrons. The molecule has 1 heterocycles. The number of ether oxygens (including phenoxy) is 1. The van der Waals surface area contributed by atoms with Crippen molar-refractivity contribution in [1.29, 1.82) is 0 Å². The summed E-state index contributed by atoms with van der Waals surface area (Å²) in [6.07, 6.45) is 7.75. The van der Waals surface area contributed by atoms with Crippen molar-refractivity contribution in [3.8, 4) is 0 Å². The second-order valence-corrected chi connectivity index (χ2v) is 12.7. The number of piperidine rings is 1. The Balaban J connectivity index is 1.40. The van der Waals surface area contributed by atoms with E-state index in [-0.39, 0.29) is 44.0 Å². The summed E-state index contributed by atoms with van der Waals surface area (Å²) in [5.41, 5.74) is 6.47. The highest BCUT2D eigenvalue weighted by molar-refractivity contribution is 5.94. The number of aliphatic carboxylic acids is 1. The summed E-state index contributed by atoms with van der Waals surface area (Å²) in [4.78, 5) is 77.9. The van der Waals surface area contributed by atoms with Gasteiger partial charge in [0.15, 0.2) is 0 Å². The molecule has 2 atom stereocenters. The largest absolute Gasteiger partial charge is 0.481 e. The van der Waals surface area contributed by atoms with Crippen LogP contribution < -0.4 is 16.4 Å². The second kappa shape index (κ2) is 19.5. The Morgan fingerprint density at radius 3 is 2.26 bits per heavy atom. The van der Waals surface area contributed by atoms with Crippen LogP contribution >= 0.6 is 0 Å². The van der Waals surface area contributed by atoms with Crippen LogP contribution in [0.3, 0.4) is 0 Å². The van der Waals surface area contributed by atoms with Gasteiger partial charge in [0.25, 0.3) is 0 Å². The zero-order chi connectivity index (χ0) is 34.2. The van der Waals surface area contributed by atoms with E-state index in [1.54, 1.807) is 11.8 Å². The van der Waals surface area contributed by atoms with Crippen LogP contribution in [0.25, 0.3) is 0 Å². The van der Waals surface area contributed by atoms with Gasteiger partial charge in [0, 0.05) is 26.1 Å². The van der Waals surface area contributed by atoms with E-state index in [2.05, 4.69) is 10.6 Å². The molecule has 47 heavy (non-hydrogen) atoms. The first-order chi connectivity index (χ1) is 22.5. The summed E-state index contributed by atoms with van der Waals surface area (Å²) in [5.74, 6) is -3.09. The number of hydrogen-bond donors (Lipinski definition) is 4. The Labute approximate surface area is 276 Å². The monoisotopic (exact) mass is 657 g/mol. The zero-order valence-electron chi connectivity index (χ0n) is 27.5. The van der Waals surface area contributed by atoms with E-state index in [1.165, 1.54) is 4.90 Å². The number of benzene rings is 1. The molecule has 1 aromatic carbocycles. The normalized spacial score (nSPS) is 16.8. The first-order valence-electron chi connectivity index (χ1n) is 16.9. The minimum Gasteiger partial charge on any atom is -0.481 e. The van der Waals surface area contributed by atoms with Crippen molar-refractivity contribution in [2.75, 3.05) is 26.2 Å². The minimum atomic E-state index is -1.43. The number of nitrogens with two attached hydrogens (primary N) is 1. The van der Waals surface area contributed by atoms with Crippen molar-refractivity contribution < 1.29 is 38.6 Å². The smallest absolute Gasteiger partial charge is 0.410 e. The van der Waals surface area contributed by atoms with Crippen LogP contribution in [-0.4, -0.2) is 88.9 Å². The topological polar surface area (TPSA) is 188 Å². The van der Waals surface area contributed by atoms with E-state index >= 15 is 0 Å². The fourth-order valence-electron chi connectivity index (χ4n) is 6.36. The van der Waals surface area contributed by atoms with E-state index in [4.69, 9.17) is 10.5 Å². The molecule has 1 aromatic rings. The number of carbonyl (C=O) groups excluding carboxylic acids is 5. The highest BCUT2D eigenvalue weighted by Gasteiger charge is 2.30. The summed E-state index contributed by atoms with van der Waals surface area (Å²) < 4.78 is 5.43. The molecule has 5 N–H and O–H groups in total. The molecule has 5 amide bonds. The molecule has 1 saturated carbocycles. The molecule has 0 bridgehead atoms. The Kier molecular flexibility index (Phi) is 15.5. The highest BCUT2D eigenvalue weighted by Crippen LogP contribution is 2.27. The highest BCUT2D eigenvalue weighted by atomic mass is 16.6. The van der Waals surface area contributed by atoms with Crippen molar-refractivity contribution in [1.82, 2.24) is 20.4 Å². The number of carboxylic acids is 1. The van der Waals surface area contributed by atoms with Crippen LogP contribution in [-0.2, 0) is 35.3 Å². The van der Waals surface area contributed by atoms with Gasteiger partial charge in [-0.15, -0.1) is 0 Å². The number of nitrogens with one attached hydrogen (secondary N) is 2. The number of carbonyl (C=O) groups is 6. The summed E-state index contributed by atoms with van der Waals surface area (Å²) >= 11 is 0. The first kappa shape index (κ1) is 37.3. The number of rotatable bonds is 17. The molecular formula is C34H51N5O8. The number of hydrogen-bond acceptors (Lipinski definition) is 7. The van der Waals surface area contributed by atoms with Gasteiger partial charge >= 0.3 is 12.1 Å². The van der Waals surface area contributed by atoms with E-state index in [1.807, 2.05) is 30.3 Å². The van der Waals surface area contributed by atoms with Crippen LogP contribution in [0.15, 0.2) is 30.3 Å². The molecule has 1 aliphatic carbocycles. The van der Waals surface area contributed by atoms with Crippen molar-refractivity contribution in [3.63, 3.8) is 0 Å². The van der Waals surface area contributed by atoms with Gasteiger partial charge < -0.3 is 36.0 Å². The van der Waals surface area contributed by atoms with Crippen LogP contribution in [0.5, 0.6) is 0 Å². The van der Waals surface area contributed by atoms with Gasteiger partial charge in [-0.2, -0.15) is 0 Å². The van der Waals surface area contributed by atoms with Crippen LogP contribution in [0.2, 0.25) is 0 Å². The predicted octanol–water partition coefficient (Wildman–Crippen LogP) is 2.95. The van der Waals surface area contributed by atoms with E-state index < -0.39 is 42.2 Å². The van der Waals surface area contributed by atoms with Crippen molar-refractivity contribution in [3.05, 3.63) is 35.9 Å². The number of nitrogens with zero attached hydrogens (tertiary/aromatic N) is 2. The molecule has 13 heteroatoms. The molecule has 0 spiro atoms. The Morgan fingerprint density at radius 1 is 0.957 bits per heavy atom. The number of likely N-dealkylation sites (N-methyl/N-ethyl adjacent to an activating group) is 1. The van der Waals surface area contributed by atoms with Gasteiger partial charge in [-0.25, -0.2) is 4.79 Å². The van der Waals surface area contributed by atoms with Gasteiger partial charge in [-0.05, 0) is 56.4 Å². The standard InChI is InChI=1S/C34H51N5O8/c1-2-38(30(41)15-9-14-24-16-18-39(19-17-24)34(46)47-23-26-12-7-4-8-13-26)22-29(40)36-28(21-31(42)43)33(45)37-27(32(35)44)20-25-10-5-3-6-11-25/h4,7-8,12-13,24-25,27-28H,2-3,5-6,9-11,14-23H2,1H3,(H2,35,44)(H,36,40)(H,37,45)(H,42,43)/t27-,28-/m0/s1. The van der Waals surface area contributed by atoms with Crippen molar-refractivity contribution >= 4 is 35.7 Å². The number of amides is 5. The molecule has 2 aliphatic rings. The van der Waals surface area contributed by atoms with Crippen molar-refractivity contribution in [2.24, 2.45) is 17.6 Å². The average Bonchev–Trinajstić information content (AvgIpc) is 3.06. The van der Waals surface area contributed by atoms with Gasteiger partial charge in [0.05, 0.1) is 13.0 Å². The van der Waals surface area contributed by atoms with E-state index in [0.29, 0.717) is 31.8 Å². The molecule has 3 rings (SSSR count).